The minimum absolute atomic E-state index is 0.250. The van der Waals surface area contributed by atoms with Gasteiger partial charge in [0.2, 0.25) is 0 Å². The number of aliphatic carboxylic acids is 1. The summed E-state index contributed by atoms with van der Waals surface area (Å²) in [6.07, 6.45) is 1.53. The van der Waals surface area contributed by atoms with Crippen LogP contribution in [0.4, 0.5) is 0 Å². The number of benzene rings is 1. The van der Waals surface area contributed by atoms with E-state index in [4.69, 9.17) is 10.4 Å². The highest BCUT2D eigenvalue weighted by atomic mass is 16.4. The molecule has 0 aromatic heterocycles. The highest BCUT2D eigenvalue weighted by Gasteiger charge is 1.99. The van der Waals surface area contributed by atoms with Crippen LogP contribution in [0.15, 0.2) is 29.8 Å². The largest absolute Gasteiger partial charge is 0.478 e. The van der Waals surface area contributed by atoms with Crippen molar-refractivity contribution < 1.29 is 9.90 Å². The second-order valence-electron chi connectivity index (χ2n) is 2.87. The number of nitrogens with zero attached hydrogens (tertiary/aromatic N) is 1. The van der Waals surface area contributed by atoms with Gasteiger partial charge in [-0.3, -0.25) is 0 Å². The predicted molar refractivity (Wildman–Crippen MR) is 52.4 cm³/mol. The molecule has 0 saturated carbocycles. The molecule has 1 N–H and O–H groups in total. The lowest BCUT2D eigenvalue weighted by atomic mass is 10.1. The molecular formula is C11H9NO2. The van der Waals surface area contributed by atoms with Crippen molar-refractivity contribution in [2.45, 2.75) is 6.92 Å². The van der Waals surface area contributed by atoms with Gasteiger partial charge in [-0.15, -0.1) is 0 Å². The Morgan fingerprint density at radius 3 is 2.86 bits per heavy atom. The Bertz CT molecular complexity index is 427. The Hall–Kier alpha value is -2.08. The van der Waals surface area contributed by atoms with Crippen LogP contribution in [0.1, 0.15) is 18.1 Å². The van der Waals surface area contributed by atoms with Crippen LogP contribution in [0.5, 0.6) is 0 Å². The van der Waals surface area contributed by atoms with Crippen molar-refractivity contribution in [1.82, 2.24) is 0 Å². The van der Waals surface area contributed by atoms with E-state index in [9.17, 15) is 4.79 Å². The van der Waals surface area contributed by atoms with Crippen molar-refractivity contribution in [2.75, 3.05) is 0 Å². The van der Waals surface area contributed by atoms with E-state index in [0.29, 0.717) is 5.56 Å². The van der Waals surface area contributed by atoms with Gasteiger partial charge < -0.3 is 5.11 Å². The summed E-state index contributed by atoms with van der Waals surface area (Å²) in [6, 6.07) is 8.79. The lowest BCUT2D eigenvalue weighted by Gasteiger charge is -1.95. The van der Waals surface area contributed by atoms with Gasteiger partial charge in [-0.05, 0) is 30.7 Å². The summed E-state index contributed by atoms with van der Waals surface area (Å²) in [5.41, 5.74) is 1.50. The van der Waals surface area contributed by atoms with Gasteiger partial charge in [0.1, 0.15) is 0 Å². The van der Waals surface area contributed by atoms with Gasteiger partial charge in [0, 0.05) is 5.57 Å². The van der Waals surface area contributed by atoms with Crippen molar-refractivity contribution in [1.29, 1.82) is 5.26 Å². The standard InChI is InChI=1S/C11H9NO2/c1-8(11(13)14)5-9-3-2-4-10(6-9)7-12/h2-6H,1H3,(H,13,14)/b8-5+. The molecule has 0 radical (unpaired) electrons. The maximum Gasteiger partial charge on any atom is 0.331 e. The zero-order chi connectivity index (χ0) is 10.6. The van der Waals surface area contributed by atoms with E-state index in [1.54, 1.807) is 24.3 Å². The van der Waals surface area contributed by atoms with Crippen LogP contribution < -0.4 is 0 Å². The van der Waals surface area contributed by atoms with Gasteiger partial charge in [0.05, 0.1) is 11.6 Å². The van der Waals surface area contributed by atoms with Gasteiger partial charge >= 0.3 is 5.97 Å². The third-order valence-electron chi connectivity index (χ3n) is 1.74. The molecule has 0 heterocycles. The number of nitriles is 1. The smallest absolute Gasteiger partial charge is 0.331 e. The minimum atomic E-state index is -0.952. The fraction of sp³-hybridized carbons (Fsp3) is 0.0909. The average Bonchev–Trinajstić information content (AvgIpc) is 2.18. The van der Waals surface area contributed by atoms with Gasteiger partial charge in [0.25, 0.3) is 0 Å². The van der Waals surface area contributed by atoms with Crippen molar-refractivity contribution in [3.05, 3.63) is 41.0 Å². The zero-order valence-corrected chi connectivity index (χ0v) is 7.69. The minimum Gasteiger partial charge on any atom is -0.478 e. The molecule has 0 spiro atoms. The first-order valence-corrected chi connectivity index (χ1v) is 4.05. The lowest BCUT2D eigenvalue weighted by molar-refractivity contribution is -0.132. The first-order valence-electron chi connectivity index (χ1n) is 4.05. The second kappa shape index (κ2) is 4.24. The fourth-order valence-electron chi connectivity index (χ4n) is 1.01. The number of hydrogen-bond acceptors (Lipinski definition) is 2. The maximum atomic E-state index is 10.5. The SMILES string of the molecule is C/C(=C\c1cccc(C#N)c1)C(=O)O. The van der Waals surface area contributed by atoms with Crippen LogP contribution in [-0.2, 0) is 4.79 Å². The first-order chi connectivity index (χ1) is 6.63. The second-order valence-corrected chi connectivity index (χ2v) is 2.87. The van der Waals surface area contributed by atoms with Crippen molar-refractivity contribution >= 4 is 12.0 Å². The molecule has 1 rings (SSSR count). The van der Waals surface area contributed by atoms with Crippen LogP contribution in [0.2, 0.25) is 0 Å². The summed E-state index contributed by atoms with van der Waals surface area (Å²) in [5.74, 6) is -0.952. The van der Waals surface area contributed by atoms with E-state index in [2.05, 4.69) is 0 Å². The summed E-state index contributed by atoms with van der Waals surface area (Å²) in [4.78, 5) is 10.5. The fourth-order valence-corrected chi connectivity index (χ4v) is 1.01. The monoisotopic (exact) mass is 187 g/mol. The molecule has 0 amide bonds. The maximum absolute atomic E-state index is 10.5. The molecule has 3 heteroatoms. The first kappa shape index (κ1) is 10.0. The Kier molecular flexibility index (Phi) is 3.03. The summed E-state index contributed by atoms with van der Waals surface area (Å²) in [7, 11) is 0. The lowest BCUT2D eigenvalue weighted by Crippen LogP contribution is -1.95. The van der Waals surface area contributed by atoms with Gasteiger partial charge in [0.15, 0.2) is 0 Å². The van der Waals surface area contributed by atoms with Crippen molar-refractivity contribution in [3.63, 3.8) is 0 Å². The van der Waals surface area contributed by atoms with Crippen molar-refractivity contribution in [3.8, 4) is 6.07 Å². The molecule has 0 saturated heterocycles. The summed E-state index contributed by atoms with van der Waals surface area (Å²) in [5, 5.41) is 17.3. The van der Waals surface area contributed by atoms with E-state index in [1.807, 2.05) is 6.07 Å². The third kappa shape index (κ3) is 2.46. The molecule has 70 valence electrons. The summed E-state index contributed by atoms with van der Waals surface area (Å²) >= 11 is 0. The van der Waals surface area contributed by atoms with E-state index >= 15 is 0 Å². The quantitative estimate of drug-likeness (QED) is 0.720. The van der Waals surface area contributed by atoms with Crippen LogP contribution in [-0.4, -0.2) is 11.1 Å². The summed E-state index contributed by atoms with van der Waals surface area (Å²) < 4.78 is 0. The molecular weight excluding hydrogens is 178 g/mol. The number of carboxylic acids is 1. The van der Waals surface area contributed by atoms with Crippen LogP contribution in [0.25, 0.3) is 6.08 Å². The van der Waals surface area contributed by atoms with E-state index in [1.165, 1.54) is 13.0 Å². The van der Waals surface area contributed by atoms with Crippen LogP contribution in [0.3, 0.4) is 0 Å². The highest BCUT2D eigenvalue weighted by Crippen LogP contribution is 2.09. The normalized spacial score (nSPS) is 10.7. The highest BCUT2D eigenvalue weighted by molar-refractivity contribution is 5.91. The molecule has 0 aliphatic rings. The Balaban J connectivity index is 3.04. The van der Waals surface area contributed by atoms with Gasteiger partial charge in [-0.2, -0.15) is 5.26 Å². The van der Waals surface area contributed by atoms with E-state index in [-0.39, 0.29) is 5.57 Å². The Labute approximate surface area is 81.9 Å². The molecule has 1 aromatic rings. The molecule has 1 aromatic carbocycles. The molecule has 0 unspecified atom stereocenters. The zero-order valence-electron chi connectivity index (χ0n) is 7.69. The Morgan fingerprint density at radius 2 is 2.29 bits per heavy atom. The molecule has 0 bridgehead atoms. The molecule has 0 atom stereocenters. The number of hydrogen-bond donors (Lipinski definition) is 1. The predicted octanol–water partition coefficient (Wildman–Crippen LogP) is 2.05. The molecule has 3 nitrogen and oxygen atoms in total. The van der Waals surface area contributed by atoms with Gasteiger partial charge in [-0.1, -0.05) is 12.1 Å². The van der Waals surface area contributed by atoms with Crippen molar-refractivity contribution in [2.24, 2.45) is 0 Å². The van der Waals surface area contributed by atoms with E-state index in [0.717, 1.165) is 5.56 Å². The average molecular weight is 187 g/mol. The molecule has 0 aliphatic heterocycles. The van der Waals surface area contributed by atoms with Crippen LogP contribution in [0, 0.1) is 11.3 Å². The Morgan fingerprint density at radius 1 is 1.57 bits per heavy atom. The molecule has 14 heavy (non-hydrogen) atoms. The number of rotatable bonds is 2. The number of carbonyl (C=O) groups is 1. The summed E-state index contributed by atoms with van der Waals surface area (Å²) in [6.45, 7) is 1.52. The molecule has 0 fully saturated rings. The topological polar surface area (TPSA) is 61.1 Å². The van der Waals surface area contributed by atoms with E-state index < -0.39 is 5.97 Å². The molecule has 0 aliphatic carbocycles. The third-order valence-corrected chi connectivity index (χ3v) is 1.74. The van der Waals surface area contributed by atoms with Gasteiger partial charge in [-0.25, -0.2) is 4.79 Å². The number of carboxylic acid groups (broad SMARTS) is 1. The van der Waals surface area contributed by atoms with Crippen LogP contribution >= 0.6 is 0 Å².